The van der Waals surface area contributed by atoms with Gasteiger partial charge in [0, 0.05) is 50.1 Å². The van der Waals surface area contributed by atoms with Gasteiger partial charge in [-0.05, 0) is 59.9 Å². The number of carbonyl (C=O) groups excluding carboxylic acids is 2. The second kappa shape index (κ2) is 11.3. The number of piperazine rings is 1. The number of nitrogens with zero attached hydrogens (tertiary/aromatic N) is 3. The Bertz CT molecular complexity index is 1380. The molecule has 11 heteroatoms. The third-order valence-corrected chi connectivity index (χ3v) is 7.41. The number of hydrogen-bond acceptors (Lipinski definition) is 8. The molecule has 0 unspecified atom stereocenters. The van der Waals surface area contributed by atoms with Crippen LogP contribution >= 0.6 is 0 Å². The molecule has 11 nitrogen and oxygen atoms in total. The topological polar surface area (TPSA) is 137 Å². The van der Waals surface area contributed by atoms with Crippen LogP contribution < -0.4 is 15.4 Å². The molecule has 2 heterocycles. The van der Waals surface area contributed by atoms with E-state index in [1.54, 1.807) is 12.1 Å². The highest BCUT2D eigenvalue weighted by Crippen LogP contribution is 2.38. The van der Waals surface area contributed by atoms with Gasteiger partial charge in [-0.2, -0.15) is 0 Å². The summed E-state index contributed by atoms with van der Waals surface area (Å²) in [6, 6.07) is 10.4. The summed E-state index contributed by atoms with van der Waals surface area (Å²) in [5, 5.41) is 26.7. The van der Waals surface area contributed by atoms with Crippen molar-refractivity contribution >= 4 is 34.4 Å². The molecule has 204 valence electrons. The van der Waals surface area contributed by atoms with Crippen LogP contribution in [0.5, 0.6) is 5.75 Å². The molecular formula is C28H31N5O6. The maximum Gasteiger partial charge on any atom is 0.310 e. The first-order valence-corrected chi connectivity index (χ1v) is 12.9. The fraction of sp³-hybridized carbons (Fsp3) is 0.357. The number of nitro benzene ring substituents is 1. The molecule has 3 aliphatic rings. The minimum atomic E-state index is -0.479. The normalized spacial score (nSPS) is 17.3. The summed E-state index contributed by atoms with van der Waals surface area (Å²) in [5.74, 6) is 0.0237. The van der Waals surface area contributed by atoms with E-state index in [0.29, 0.717) is 49.4 Å². The fourth-order valence-corrected chi connectivity index (χ4v) is 5.24. The zero-order chi connectivity index (χ0) is 27.5. The van der Waals surface area contributed by atoms with Gasteiger partial charge in [0.2, 0.25) is 5.91 Å². The van der Waals surface area contributed by atoms with Crippen molar-refractivity contribution in [3.05, 3.63) is 75.0 Å². The van der Waals surface area contributed by atoms with E-state index in [4.69, 9.17) is 9.84 Å². The predicted octanol–water partition coefficient (Wildman–Crippen LogP) is 2.78. The molecule has 1 aliphatic carbocycles. The van der Waals surface area contributed by atoms with Crippen LogP contribution in [0.15, 0.2) is 53.7 Å². The van der Waals surface area contributed by atoms with Gasteiger partial charge in [0.25, 0.3) is 5.91 Å². The molecule has 2 aromatic rings. The number of ether oxygens (including phenoxy) is 1. The quantitative estimate of drug-likeness (QED) is 0.365. The van der Waals surface area contributed by atoms with Crippen molar-refractivity contribution in [2.75, 3.05) is 57.1 Å². The number of nitrogens with one attached hydrogen (secondary N) is 2. The van der Waals surface area contributed by atoms with Gasteiger partial charge in [0.15, 0.2) is 5.75 Å². The first-order valence-electron chi connectivity index (χ1n) is 12.9. The number of anilines is 2. The third kappa shape index (κ3) is 5.64. The summed E-state index contributed by atoms with van der Waals surface area (Å²) in [6.45, 7) is 3.49. The van der Waals surface area contributed by atoms with Gasteiger partial charge >= 0.3 is 5.69 Å². The summed E-state index contributed by atoms with van der Waals surface area (Å²) in [7, 11) is 1.40. The van der Waals surface area contributed by atoms with E-state index in [-0.39, 0.29) is 36.3 Å². The first-order chi connectivity index (χ1) is 18.9. The Morgan fingerprint density at radius 2 is 1.87 bits per heavy atom. The summed E-state index contributed by atoms with van der Waals surface area (Å²) in [5.41, 5.74) is 5.08. The highest BCUT2D eigenvalue weighted by molar-refractivity contribution is 6.09. The molecule has 2 aromatic carbocycles. The molecule has 0 radical (unpaired) electrons. The number of rotatable bonds is 7. The molecule has 0 saturated carbocycles. The van der Waals surface area contributed by atoms with E-state index in [9.17, 15) is 19.7 Å². The van der Waals surface area contributed by atoms with Crippen molar-refractivity contribution in [1.29, 1.82) is 0 Å². The average molecular weight is 534 g/mol. The van der Waals surface area contributed by atoms with Crippen LogP contribution in [0.2, 0.25) is 0 Å². The van der Waals surface area contributed by atoms with Crippen molar-refractivity contribution in [3.8, 4) is 5.75 Å². The van der Waals surface area contributed by atoms with Crippen molar-refractivity contribution in [3.63, 3.8) is 0 Å². The maximum absolute atomic E-state index is 13.1. The number of nitro groups is 1. The lowest BCUT2D eigenvalue weighted by molar-refractivity contribution is -0.385. The first kappa shape index (κ1) is 26.4. The van der Waals surface area contributed by atoms with Crippen LogP contribution in [0.4, 0.5) is 17.1 Å². The lowest BCUT2D eigenvalue weighted by Gasteiger charge is -2.34. The zero-order valence-corrected chi connectivity index (χ0v) is 21.7. The van der Waals surface area contributed by atoms with E-state index in [0.717, 1.165) is 35.5 Å². The van der Waals surface area contributed by atoms with Crippen LogP contribution in [-0.2, 0) is 16.0 Å². The number of carbonyl (C=O) groups is 2. The highest BCUT2D eigenvalue weighted by atomic mass is 16.6. The second-order valence-electron chi connectivity index (χ2n) is 9.79. The zero-order valence-electron chi connectivity index (χ0n) is 21.7. The minimum absolute atomic E-state index is 0.0371. The summed E-state index contributed by atoms with van der Waals surface area (Å²) >= 11 is 0. The van der Waals surface area contributed by atoms with Crippen molar-refractivity contribution in [2.45, 2.75) is 19.3 Å². The Kier molecular flexibility index (Phi) is 7.62. The molecule has 2 amide bonds. The largest absolute Gasteiger partial charge is 0.490 e. The van der Waals surface area contributed by atoms with Crippen molar-refractivity contribution in [1.82, 2.24) is 9.80 Å². The lowest BCUT2D eigenvalue weighted by Crippen LogP contribution is -2.49. The number of allylic oxidation sites excluding steroid dienone is 2. The van der Waals surface area contributed by atoms with E-state index in [1.807, 2.05) is 29.2 Å². The summed E-state index contributed by atoms with van der Waals surface area (Å²) in [6.07, 6.45) is 3.24. The molecule has 0 bridgehead atoms. The number of fused-ring (bicyclic) bond motifs is 1. The van der Waals surface area contributed by atoms with Crippen LogP contribution in [0.3, 0.4) is 0 Å². The Hall–Kier alpha value is -4.22. The van der Waals surface area contributed by atoms with E-state index in [1.165, 1.54) is 13.2 Å². The van der Waals surface area contributed by atoms with Crippen molar-refractivity contribution in [2.24, 2.45) is 0 Å². The number of benzene rings is 2. The van der Waals surface area contributed by atoms with E-state index >= 15 is 0 Å². The number of methoxy groups -OCH3 is 1. The number of hydrogen-bond donors (Lipinski definition) is 3. The fourth-order valence-electron chi connectivity index (χ4n) is 5.24. The van der Waals surface area contributed by atoms with Gasteiger partial charge < -0.3 is 25.4 Å². The molecule has 0 spiro atoms. The molecule has 39 heavy (non-hydrogen) atoms. The Morgan fingerprint density at radius 1 is 1.08 bits per heavy atom. The molecule has 3 N–H and O–H groups in total. The molecule has 5 rings (SSSR count). The molecule has 1 fully saturated rings. The van der Waals surface area contributed by atoms with Crippen LogP contribution in [0.1, 0.15) is 24.0 Å². The Labute approximate surface area is 225 Å². The smallest absolute Gasteiger partial charge is 0.310 e. The van der Waals surface area contributed by atoms with E-state index in [2.05, 4.69) is 15.5 Å². The third-order valence-electron chi connectivity index (χ3n) is 7.41. The monoisotopic (exact) mass is 533 g/mol. The molecule has 0 aromatic heterocycles. The standard InChI is InChI=1S/C28H31N5O6/c1-39-26-17-20(4-7-25(26)33(37)38)19-3-5-21-23(16-19)29-22-6-2-18(14-24(22)30-28(21)36)15-27(35)32-10-8-31(9-11-32)12-13-34/h2,4,6-7,14,16-17,29,34H,3,5,8-13,15H2,1H3,(H,30,36). The number of amides is 2. The van der Waals surface area contributed by atoms with E-state index < -0.39 is 4.92 Å². The van der Waals surface area contributed by atoms with Gasteiger partial charge in [-0.3, -0.25) is 24.6 Å². The van der Waals surface area contributed by atoms with Gasteiger partial charge in [-0.1, -0.05) is 6.07 Å². The molecule has 1 saturated heterocycles. The number of aliphatic hydroxyl groups is 1. The summed E-state index contributed by atoms with van der Waals surface area (Å²) < 4.78 is 5.22. The van der Waals surface area contributed by atoms with Gasteiger partial charge in [-0.25, -0.2) is 0 Å². The molecule has 0 atom stereocenters. The molecular weight excluding hydrogens is 502 g/mol. The summed E-state index contributed by atoms with van der Waals surface area (Å²) in [4.78, 5) is 40.8. The second-order valence-corrected chi connectivity index (χ2v) is 9.79. The van der Waals surface area contributed by atoms with Crippen LogP contribution in [-0.4, -0.2) is 78.1 Å². The molecule has 2 aliphatic heterocycles. The Balaban J connectivity index is 1.32. The lowest BCUT2D eigenvalue weighted by atomic mass is 9.90. The maximum atomic E-state index is 13.1. The van der Waals surface area contributed by atoms with Crippen LogP contribution in [0, 0.1) is 10.1 Å². The highest BCUT2D eigenvalue weighted by Gasteiger charge is 2.27. The Morgan fingerprint density at radius 3 is 2.59 bits per heavy atom. The average Bonchev–Trinajstić information content (AvgIpc) is 3.08. The minimum Gasteiger partial charge on any atom is -0.490 e. The number of aliphatic hydroxyl groups excluding tert-OH is 1. The van der Waals surface area contributed by atoms with Gasteiger partial charge in [0.1, 0.15) is 0 Å². The predicted molar refractivity (Wildman–Crippen MR) is 146 cm³/mol. The van der Waals surface area contributed by atoms with Crippen LogP contribution in [0.25, 0.3) is 5.57 Å². The van der Waals surface area contributed by atoms with Gasteiger partial charge in [0.05, 0.1) is 36.4 Å². The number of β-amino-alcohol motifs (C(OH)–C–C–N with tert-alkyl or cyclic N) is 1. The van der Waals surface area contributed by atoms with Gasteiger partial charge in [-0.15, -0.1) is 0 Å². The van der Waals surface area contributed by atoms with Crippen molar-refractivity contribution < 1.29 is 24.4 Å². The SMILES string of the molecule is COc1cc(C2=CC3=C(CC2)C(=O)Nc2cc(CC(=O)N4CCN(CCO)CC4)ccc2N3)ccc1[N+](=O)[O-].